The number of carboxylic acids is 1. The summed E-state index contributed by atoms with van der Waals surface area (Å²) < 4.78 is 0. The Hall–Kier alpha value is -2.50. The Bertz CT molecular complexity index is 953. The fourth-order valence-corrected chi connectivity index (χ4v) is 4.82. The van der Waals surface area contributed by atoms with Crippen molar-refractivity contribution < 1.29 is 14.7 Å². The van der Waals surface area contributed by atoms with E-state index in [1.165, 1.54) is 0 Å². The lowest BCUT2D eigenvalue weighted by atomic mass is 9.70. The number of aliphatic carboxylic acids is 1. The maximum Gasteiger partial charge on any atom is 0.303 e. The van der Waals surface area contributed by atoms with Gasteiger partial charge < -0.3 is 10.4 Å². The number of aromatic nitrogens is 2. The number of hydrogen-bond acceptors (Lipinski definition) is 4. The molecule has 1 heterocycles. The summed E-state index contributed by atoms with van der Waals surface area (Å²) in [7, 11) is 0. The van der Waals surface area contributed by atoms with Gasteiger partial charge in [-0.2, -0.15) is 0 Å². The summed E-state index contributed by atoms with van der Waals surface area (Å²) in [5.74, 6) is -0.635. The van der Waals surface area contributed by atoms with Gasteiger partial charge in [-0.05, 0) is 42.9 Å². The molecule has 0 saturated heterocycles. The zero-order chi connectivity index (χ0) is 19.4. The predicted molar refractivity (Wildman–Crippen MR) is 103 cm³/mol. The van der Waals surface area contributed by atoms with Crippen LogP contribution in [0.2, 0.25) is 0 Å². The summed E-state index contributed by atoms with van der Waals surface area (Å²) >= 11 is 0. The first-order valence-corrected chi connectivity index (χ1v) is 9.56. The number of benzene rings is 1. The topological polar surface area (TPSA) is 92.2 Å². The second-order valence-electron chi connectivity index (χ2n) is 8.60. The number of nitrogens with one attached hydrogen (secondary N) is 1. The van der Waals surface area contributed by atoms with Crippen LogP contribution in [-0.2, 0) is 15.0 Å². The SMILES string of the molecule is CC12CCC(c3nc4cc(NC(=O)CCCC(=O)O)ccc4nc31)C2(C)C. The third kappa shape index (κ3) is 2.69. The number of fused-ring (bicyclic) bond motifs is 6. The van der Waals surface area contributed by atoms with Gasteiger partial charge >= 0.3 is 5.97 Å². The van der Waals surface area contributed by atoms with Gasteiger partial charge in [-0.1, -0.05) is 20.8 Å². The number of anilines is 1. The molecular formula is C21H25N3O3. The van der Waals surface area contributed by atoms with Gasteiger partial charge in [-0.15, -0.1) is 0 Å². The molecule has 142 valence electrons. The van der Waals surface area contributed by atoms with Crippen molar-refractivity contribution in [3.05, 3.63) is 29.6 Å². The van der Waals surface area contributed by atoms with Gasteiger partial charge in [0.05, 0.1) is 22.4 Å². The molecule has 1 amide bonds. The van der Waals surface area contributed by atoms with Crippen molar-refractivity contribution in [1.29, 1.82) is 0 Å². The Morgan fingerprint density at radius 2 is 1.96 bits per heavy atom. The van der Waals surface area contributed by atoms with Crippen molar-refractivity contribution in [1.82, 2.24) is 9.97 Å². The fourth-order valence-electron chi connectivity index (χ4n) is 4.82. The van der Waals surface area contributed by atoms with Crippen LogP contribution in [0, 0.1) is 5.41 Å². The first-order valence-electron chi connectivity index (χ1n) is 9.56. The van der Waals surface area contributed by atoms with Crippen LogP contribution in [0.1, 0.15) is 70.2 Å². The Morgan fingerprint density at radius 3 is 2.70 bits per heavy atom. The number of amides is 1. The molecule has 2 atom stereocenters. The number of nitrogens with zero attached hydrogens (tertiary/aromatic N) is 2. The van der Waals surface area contributed by atoms with Gasteiger partial charge in [0.15, 0.2) is 0 Å². The van der Waals surface area contributed by atoms with Crippen molar-refractivity contribution in [3.63, 3.8) is 0 Å². The van der Waals surface area contributed by atoms with Gasteiger partial charge in [-0.25, -0.2) is 9.97 Å². The first-order chi connectivity index (χ1) is 12.7. The van der Waals surface area contributed by atoms with Crippen LogP contribution >= 0.6 is 0 Å². The number of rotatable bonds is 5. The zero-order valence-electron chi connectivity index (χ0n) is 16.0. The second-order valence-corrected chi connectivity index (χ2v) is 8.60. The van der Waals surface area contributed by atoms with Gasteiger partial charge in [0.25, 0.3) is 0 Å². The molecule has 2 bridgehead atoms. The van der Waals surface area contributed by atoms with Crippen LogP contribution < -0.4 is 5.32 Å². The smallest absolute Gasteiger partial charge is 0.303 e. The highest BCUT2D eigenvalue weighted by Gasteiger charge is 2.61. The number of hydrogen-bond donors (Lipinski definition) is 2. The summed E-state index contributed by atoms with van der Waals surface area (Å²) in [5, 5.41) is 11.5. The lowest BCUT2D eigenvalue weighted by Gasteiger charge is -2.34. The molecule has 2 unspecified atom stereocenters. The Balaban J connectivity index is 1.59. The van der Waals surface area contributed by atoms with E-state index in [0.29, 0.717) is 18.0 Å². The van der Waals surface area contributed by atoms with E-state index in [1.807, 2.05) is 18.2 Å². The van der Waals surface area contributed by atoms with Crippen molar-refractivity contribution >= 4 is 28.6 Å². The molecule has 2 aliphatic carbocycles. The lowest BCUT2D eigenvalue weighted by molar-refractivity contribution is -0.137. The highest BCUT2D eigenvalue weighted by Crippen LogP contribution is 2.66. The normalized spacial score (nSPS) is 24.8. The maximum absolute atomic E-state index is 12.0. The molecule has 0 spiro atoms. The van der Waals surface area contributed by atoms with E-state index in [0.717, 1.165) is 35.3 Å². The minimum absolute atomic E-state index is 0.00130. The number of carbonyl (C=O) groups excluding carboxylic acids is 1. The van der Waals surface area contributed by atoms with Crippen molar-refractivity contribution in [2.45, 2.75) is 64.2 Å². The van der Waals surface area contributed by atoms with E-state index in [4.69, 9.17) is 15.1 Å². The summed E-state index contributed by atoms with van der Waals surface area (Å²) in [6, 6.07) is 5.59. The molecule has 2 N–H and O–H groups in total. The monoisotopic (exact) mass is 367 g/mol. The molecule has 4 rings (SSSR count). The molecule has 2 aliphatic rings. The summed E-state index contributed by atoms with van der Waals surface area (Å²) in [6.45, 7) is 6.95. The van der Waals surface area contributed by atoms with E-state index in [-0.39, 0.29) is 29.6 Å². The Kier molecular flexibility index (Phi) is 3.98. The van der Waals surface area contributed by atoms with E-state index in [2.05, 4.69) is 26.1 Å². The molecule has 1 aromatic heterocycles. The van der Waals surface area contributed by atoms with Crippen LogP contribution in [0.5, 0.6) is 0 Å². The number of carboxylic acid groups (broad SMARTS) is 1. The molecule has 1 fully saturated rings. The molecule has 27 heavy (non-hydrogen) atoms. The highest BCUT2D eigenvalue weighted by molar-refractivity contribution is 5.93. The predicted octanol–water partition coefficient (Wildman–Crippen LogP) is 4.00. The van der Waals surface area contributed by atoms with E-state index in [9.17, 15) is 9.59 Å². The van der Waals surface area contributed by atoms with Crippen molar-refractivity contribution in [2.75, 3.05) is 5.32 Å². The van der Waals surface area contributed by atoms with Crippen LogP contribution in [0.15, 0.2) is 18.2 Å². The number of carbonyl (C=O) groups is 2. The molecule has 0 radical (unpaired) electrons. The van der Waals surface area contributed by atoms with Gasteiger partial charge in [0.1, 0.15) is 0 Å². The minimum Gasteiger partial charge on any atom is -0.481 e. The molecule has 0 aliphatic heterocycles. The zero-order valence-corrected chi connectivity index (χ0v) is 16.0. The largest absolute Gasteiger partial charge is 0.481 e. The molecule has 1 saturated carbocycles. The fraction of sp³-hybridized carbons (Fsp3) is 0.524. The van der Waals surface area contributed by atoms with E-state index >= 15 is 0 Å². The average Bonchev–Trinajstić information content (AvgIpc) is 2.91. The summed E-state index contributed by atoms with van der Waals surface area (Å²) in [4.78, 5) is 32.5. The van der Waals surface area contributed by atoms with Crippen LogP contribution in [0.25, 0.3) is 11.0 Å². The van der Waals surface area contributed by atoms with Crippen LogP contribution in [0.3, 0.4) is 0 Å². The summed E-state index contributed by atoms with van der Waals surface area (Å²) in [6.07, 6.45) is 2.82. The van der Waals surface area contributed by atoms with Crippen LogP contribution in [-0.4, -0.2) is 27.0 Å². The van der Waals surface area contributed by atoms with E-state index in [1.54, 1.807) is 0 Å². The lowest BCUT2D eigenvalue weighted by Crippen LogP contribution is -2.31. The summed E-state index contributed by atoms with van der Waals surface area (Å²) in [5.41, 5.74) is 4.81. The van der Waals surface area contributed by atoms with Crippen molar-refractivity contribution in [2.24, 2.45) is 5.41 Å². The molecule has 2 aromatic rings. The van der Waals surface area contributed by atoms with E-state index < -0.39 is 5.97 Å². The van der Waals surface area contributed by atoms with Gasteiger partial charge in [0, 0.05) is 29.9 Å². The third-order valence-electron chi connectivity index (χ3n) is 6.85. The van der Waals surface area contributed by atoms with Crippen LogP contribution in [0.4, 0.5) is 5.69 Å². The average molecular weight is 367 g/mol. The molecular weight excluding hydrogens is 342 g/mol. The standard InChI is InChI=1S/C21H25N3O3/c1-20(2)13-9-10-21(20,3)19-18(13)23-15-11-12(7-8-14(15)24-19)22-16(25)5-4-6-17(26)27/h7-8,11,13H,4-6,9-10H2,1-3H3,(H,22,25)(H,26,27). The molecule has 6 heteroatoms. The Morgan fingerprint density at radius 1 is 1.19 bits per heavy atom. The van der Waals surface area contributed by atoms with Crippen molar-refractivity contribution in [3.8, 4) is 0 Å². The first kappa shape index (κ1) is 17.9. The molecule has 1 aromatic carbocycles. The second kappa shape index (κ2) is 6.01. The van der Waals surface area contributed by atoms with Gasteiger partial charge in [0.2, 0.25) is 5.91 Å². The minimum atomic E-state index is -0.886. The Labute approximate surface area is 158 Å². The maximum atomic E-state index is 12.0. The molecule has 6 nitrogen and oxygen atoms in total. The highest BCUT2D eigenvalue weighted by atomic mass is 16.4. The quantitative estimate of drug-likeness (QED) is 0.833. The third-order valence-corrected chi connectivity index (χ3v) is 6.85. The van der Waals surface area contributed by atoms with Gasteiger partial charge in [-0.3, -0.25) is 9.59 Å².